The largest absolute Gasteiger partial charge is 0.480 e. The monoisotopic (exact) mass is 279 g/mol. The Kier molecular flexibility index (Phi) is 6.84. The van der Waals surface area contributed by atoms with Gasteiger partial charge in [-0.15, -0.1) is 0 Å². The van der Waals surface area contributed by atoms with Crippen LogP contribution in [0.25, 0.3) is 0 Å². The molecule has 0 bridgehead atoms. The first kappa shape index (κ1) is 15.7. The lowest BCUT2D eigenvalue weighted by Gasteiger charge is -2.14. The zero-order chi connectivity index (χ0) is 14.8. The number of carboxylic acid groups (broad SMARTS) is 1. The number of benzene rings is 1. The van der Waals surface area contributed by atoms with E-state index in [1.165, 1.54) is 6.08 Å². The summed E-state index contributed by atoms with van der Waals surface area (Å²) in [7, 11) is 0. The van der Waals surface area contributed by atoms with Gasteiger partial charge >= 0.3 is 12.1 Å². The molecule has 0 heterocycles. The molecule has 0 aliphatic heterocycles. The predicted molar refractivity (Wildman–Crippen MR) is 72.2 cm³/mol. The topological polar surface area (TPSA) is 84.9 Å². The molecule has 1 atom stereocenters. The fourth-order valence-corrected chi connectivity index (χ4v) is 1.36. The molecule has 2 N–H and O–H groups in total. The van der Waals surface area contributed by atoms with Crippen molar-refractivity contribution in [3.05, 3.63) is 48.6 Å². The third-order valence-electron chi connectivity index (χ3n) is 2.32. The van der Waals surface area contributed by atoms with E-state index < -0.39 is 18.1 Å². The van der Waals surface area contributed by atoms with Gasteiger partial charge in [0.1, 0.15) is 6.61 Å². The lowest BCUT2D eigenvalue weighted by Crippen LogP contribution is -2.44. The number of alkyl carbamates (subject to hydrolysis) is 1. The van der Waals surface area contributed by atoms with Crippen molar-refractivity contribution in [1.29, 1.82) is 0 Å². The maximum absolute atomic E-state index is 11.2. The zero-order valence-corrected chi connectivity index (χ0v) is 11.0. The summed E-state index contributed by atoms with van der Waals surface area (Å²) in [5.41, 5.74) is 0.922. The fourth-order valence-electron chi connectivity index (χ4n) is 1.36. The lowest BCUT2D eigenvalue weighted by atomic mass is 10.2. The van der Waals surface area contributed by atoms with Crippen molar-refractivity contribution in [2.45, 2.75) is 12.6 Å². The molecule has 6 heteroatoms. The minimum absolute atomic E-state index is 0.0169. The molecule has 1 unspecified atom stereocenters. The first-order valence-corrected chi connectivity index (χ1v) is 6.02. The Morgan fingerprint density at radius 1 is 1.35 bits per heavy atom. The molecule has 0 fully saturated rings. The first-order chi connectivity index (χ1) is 9.63. The number of rotatable bonds is 8. The zero-order valence-electron chi connectivity index (χ0n) is 11.0. The van der Waals surface area contributed by atoms with Crippen LogP contribution in [0.3, 0.4) is 0 Å². The molecule has 6 nitrogen and oxygen atoms in total. The van der Waals surface area contributed by atoms with Crippen LogP contribution in [0.2, 0.25) is 0 Å². The van der Waals surface area contributed by atoms with Gasteiger partial charge in [0.05, 0.1) is 13.2 Å². The fraction of sp³-hybridized carbons (Fsp3) is 0.286. The Bertz CT molecular complexity index is 446. The molecule has 0 spiro atoms. The molecule has 0 aliphatic carbocycles. The number of nitrogens with one attached hydrogen (secondary N) is 1. The van der Waals surface area contributed by atoms with Gasteiger partial charge in [-0.2, -0.15) is 0 Å². The Labute approximate surface area is 117 Å². The first-order valence-electron chi connectivity index (χ1n) is 6.02. The van der Waals surface area contributed by atoms with E-state index in [0.29, 0.717) is 0 Å². The van der Waals surface area contributed by atoms with Crippen molar-refractivity contribution in [3.8, 4) is 0 Å². The van der Waals surface area contributed by atoms with E-state index >= 15 is 0 Å². The molecule has 0 saturated carbocycles. The van der Waals surface area contributed by atoms with E-state index in [1.807, 2.05) is 30.3 Å². The summed E-state index contributed by atoms with van der Waals surface area (Å²) in [5, 5.41) is 11.2. The van der Waals surface area contributed by atoms with Gasteiger partial charge in [0, 0.05) is 0 Å². The van der Waals surface area contributed by atoms with Gasteiger partial charge in [-0.05, 0) is 5.56 Å². The van der Waals surface area contributed by atoms with E-state index in [0.717, 1.165) is 5.56 Å². The molecule has 0 saturated heterocycles. The highest BCUT2D eigenvalue weighted by Gasteiger charge is 2.20. The number of aliphatic carboxylic acids is 1. The number of amides is 1. The molecule has 1 rings (SSSR count). The van der Waals surface area contributed by atoms with E-state index in [4.69, 9.17) is 9.84 Å². The van der Waals surface area contributed by atoms with Gasteiger partial charge in [0.2, 0.25) is 0 Å². The second kappa shape index (κ2) is 8.71. The van der Waals surface area contributed by atoms with Gasteiger partial charge in [0.15, 0.2) is 6.04 Å². The van der Waals surface area contributed by atoms with E-state index in [-0.39, 0.29) is 19.8 Å². The van der Waals surface area contributed by atoms with Crippen LogP contribution in [-0.2, 0) is 20.9 Å². The van der Waals surface area contributed by atoms with Crippen molar-refractivity contribution in [1.82, 2.24) is 5.32 Å². The van der Waals surface area contributed by atoms with Crippen LogP contribution in [0.5, 0.6) is 0 Å². The van der Waals surface area contributed by atoms with Crippen LogP contribution >= 0.6 is 0 Å². The number of ether oxygens (including phenoxy) is 2. The molecular weight excluding hydrogens is 262 g/mol. The Morgan fingerprint density at radius 2 is 2.05 bits per heavy atom. The van der Waals surface area contributed by atoms with Crippen molar-refractivity contribution in [3.63, 3.8) is 0 Å². The SMILES string of the molecule is C=CCOC(=O)NC(COCc1ccccc1)C(=O)O. The summed E-state index contributed by atoms with van der Waals surface area (Å²) in [6, 6.07) is 8.16. The third kappa shape index (κ3) is 6.01. The summed E-state index contributed by atoms with van der Waals surface area (Å²) in [6.45, 7) is 3.53. The molecule has 20 heavy (non-hydrogen) atoms. The molecule has 1 aromatic carbocycles. The summed E-state index contributed by atoms with van der Waals surface area (Å²) in [4.78, 5) is 22.2. The minimum Gasteiger partial charge on any atom is -0.480 e. The minimum atomic E-state index is -1.19. The highest BCUT2D eigenvalue weighted by molar-refractivity contribution is 5.80. The van der Waals surface area contributed by atoms with E-state index in [9.17, 15) is 9.59 Å². The lowest BCUT2D eigenvalue weighted by molar-refractivity contribution is -0.141. The highest BCUT2D eigenvalue weighted by Crippen LogP contribution is 2.01. The normalized spacial score (nSPS) is 11.4. The van der Waals surface area contributed by atoms with Gasteiger partial charge < -0.3 is 19.9 Å². The Morgan fingerprint density at radius 3 is 2.65 bits per heavy atom. The standard InChI is InChI=1S/C14H17NO5/c1-2-8-20-14(18)15-12(13(16)17)10-19-9-11-6-4-3-5-7-11/h2-7,12H,1,8-10H2,(H,15,18)(H,16,17). The van der Waals surface area contributed by atoms with Crippen molar-refractivity contribution < 1.29 is 24.2 Å². The highest BCUT2D eigenvalue weighted by atomic mass is 16.5. The maximum Gasteiger partial charge on any atom is 0.408 e. The van der Waals surface area contributed by atoms with Gasteiger partial charge in [-0.1, -0.05) is 43.0 Å². The molecule has 0 radical (unpaired) electrons. The van der Waals surface area contributed by atoms with Crippen molar-refractivity contribution in [2.24, 2.45) is 0 Å². The van der Waals surface area contributed by atoms with Crippen LogP contribution in [0.15, 0.2) is 43.0 Å². The maximum atomic E-state index is 11.2. The van der Waals surface area contributed by atoms with Crippen LogP contribution in [0.4, 0.5) is 4.79 Å². The number of carboxylic acids is 1. The van der Waals surface area contributed by atoms with Crippen molar-refractivity contribution in [2.75, 3.05) is 13.2 Å². The van der Waals surface area contributed by atoms with E-state index in [1.54, 1.807) is 0 Å². The third-order valence-corrected chi connectivity index (χ3v) is 2.32. The molecular formula is C14H17NO5. The number of carbonyl (C=O) groups is 2. The van der Waals surface area contributed by atoms with Gasteiger partial charge in [0.25, 0.3) is 0 Å². The summed E-state index contributed by atoms with van der Waals surface area (Å²) in [5.74, 6) is -1.19. The number of carbonyl (C=O) groups excluding carboxylic acids is 1. The molecule has 0 aromatic heterocycles. The smallest absolute Gasteiger partial charge is 0.408 e. The molecule has 0 aliphatic rings. The van der Waals surface area contributed by atoms with Crippen molar-refractivity contribution >= 4 is 12.1 Å². The second-order valence-corrected chi connectivity index (χ2v) is 3.92. The summed E-state index contributed by atoms with van der Waals surface area (Å²) in [6.07, 6.45) is 0.571. The average Bonchev–Trinajstić information content (AvgIpc) is 2.45. The van der Waals surface area contributed by atoms with Crippen LogP contribution in [-0.4, -0.2) is 36.4 Å². The van der Waals surface area contributed by atoms with E-state index in [2.05, 4.69) is 16.6 Å². The average molecular weight is 279 g/mol. The van der Waals surface area contributed by atoms with Crippen LogP contribution in [0, 0.1) is 0 Å². The Hall–Kier alpha value is -2.34. The predicted octanol–water partition coefficient (Wildman–Crippen LogP) is 1.57. The van der Waals surface area contributed by atoms with Crippen LogP contribution in [0.1, 0.15) is 5.56 Å². The number of hydrogen-bond donors (Lipinski definition) is 2. The molecule has 108 valence electrons. The van der Waals surface area contributed by atoms with Gasteiger partial charge in [-0.25, -0.2) is 9.59 Å². The molecule has 1 amide bonds. The Balaban J connectivity index is 2.37. The molecule has 1 aromatic rings. The quantitative estimate of drug-likeness (QED) is 0.705. The summed E-state index contributed by atoms with van der Waals surface area (Å²) < 4.78 is 9.93. The van der Waals surface area contributed by atoms with Gasteiger partial charge in [-0.3, -0.25) is 0 Å². The van der Waals surface area contributed by atoms with Crippen LogP contribution < -0.4 is 5.32 Å². The summed E-state index contributed by atoms with van der Waals surface area (Å²) >= 11 is 0. The number of hydrogen-bond acceptors (Lipinski definition) is 4. The second-order valence-electron chi connectivity index (χ2n) is 3.92.